The molecule has 0 atom stereocenters. The van der Waals surface area contributed by atoms with Crippen LogP contribution in [0.2, 0.25) is 0 Å². The fraction of sp³-hybridized carbons (Fsp3) is 0.708. The topological polar surface area (TPSA) is 32.3 Å². The largest absolute Gasteiger partial charge is 0.334 e. The van der Waals surface area contributed by atoms with Crippen LogP contribution in [0, 0.1) is 0 Å². The highest BCUT2D eigenvalue weighted by atomic mass is 16.2. The van der Waals surface area contributed by atoms with E-state index in [-0.39, 0.29) is 6.03 Å². The Balaban J connectivity index is 2.34. The Morgan fingerprint density at radius 2 is 1.22 bits per heavy atom. The molecule has 0 fully saturated rings. The summed E-state index contributed by atoms with van der Waals surface area (Å²) in [5.74, 6) is 0. The highest BCUT2D eigenvalue weighted by Crippen LogP contribution is 2.09. The number of rotatable bonds is 16. The Morgan fingerprint density at radius 3 is 1.74 bits per heavy atom. The highest BCUT2D eigenvalue weighted by molar-refractivity contribution is 5.74. The third-order valence-electron chi connectivity index (χ3n) is 5.14. The molecule has 0 aromatic heterocycles. The molecule has 2 amide bonds. The first-order valence-electron chi connectivity index (χ1n) is 11.3. The van der Waals surface area contributed by atoms with Crippen molar-refractivity contribution in [3.63, 3.8) is 0 Å². The summed E-state index contributed by atoms with van der Waals surface area (Å²) in [4.78, 5) is 14.7. The summed E-state index contributed by atoms with van der Waals surface area (Å²) in [6.45, 7) is 6.89. The first-order valence-corrected chi connectivity index (χ1v) is 11.3. The van der Waals surface area contributed by atoms with Crippen LogP contribution in [0.3, 0.4) is 0 Å². The van der Waals surface area contributed by atoms with E-state index in [1.807, 2.05) is 23.1 Å². The molecule has 1 N–H and O–H groups in total. The van der Waals surface area contributed by atoms with Crippen molar-refractivity contribution in [3.05, 3.63) is 35.9 Å². The summed E-state index contributed by atoms with van der Waals surface area (Å²) in [5.41, 5.74) is 1.16. The zero-order chi connectivity index (χ0) is 19.6. The Hall–Kier alpha value is -1.51. The van der Waals surface area contributed by atoms with Gasteiger partial charge in [-0.2, -0.15) is 0 Å². The molecule has 0 saturated carbocycles. The van der Waals surface area contributed by atoms with Gasteiger partial charge in [0.1, 0.15) is 0 Å². The molecule has 0 saturated heterocycles. The van der Waals surface area contributed by atoms with E-state index in [1.54, 1.807) is 0 Å². The van der Waals surface area contributed by atoms with Crippen LogP contribution in [-0.2, 0) is 6.54 Å². The van der Waals surface area contributed by atoms with E-state index in [1.165, 1.54) is 64.2 Å². The first kappa shape index (κ1) is 23.5. The van der Waals surface area contributed by atoms with Gasteiger partial charge in [-0.1, -0.05) is 108 Å². The van der Waals surface area contributed by atoms with Gasteiger partial charge in [0.05, 0.1) is 0 Å². The van der Waals surface area contributed by atoms with Crippen molar-refractivity contribution in [1.29, 1.82) is 0 Å². The quantitative estimate of drug-likeness (QED) is 0.313. The second kappa shape index (κ2) is 16.6. The van der Waals surface area contributed by atoms with Crippen LogP contribution in [0.1, 0.15) is 96.5 Å². The first-order chi connectivity index (χ1) is 13.3. The monoisotopic (exact) mass is 374 g/mol. The van der Waals surface area contributed by atoms with E-state index in [2.05, 4.69) is 31.3 Å². The summed E-state index contributed by atoms with van der Waals surface area (Å²) < 4.78 is 0. The molecule has 0 aliphatic carbocycles. The van der Waals surface area contributed by atoms with Gasteiger partial charge in [0.2, 0.25) is 0 Å². The molecular weight excluding hydrogens is 332 g/mol. The van der Waals surface area contributed by atoms with Crippen LogP contribution in [-0.4, -0.2) is 24.0 Å². The van der Waals surface area contributed by atoms with Gasteiger partial charge in [-0.25, -0.2) is 4.79 Å². The van der Waals surface area contributed by atoms with Crippen LogP contribution < -0.4 is 5.32 Å². The molecule has 154 valence electrons. The van der Waals surface area contributed by atoms with Crippen LogP contribution in [0.4, 0.5) is 4.79 Å². The Kier molecular flexibility index (Phi) is 14.5. The standard InChI is InChI=1S/C24H42N2O/c1-3-5-7-9-11-16-20-26(21-17-12-10-8-6-4-2)24(27)25-22-23-18-14-13-15-19-23/h13-15,18-19H,3-12,16-17,20-22H2,1-2H3,(H,25,27). The highest BCUT2D eigenvalue weighted by Gasteiger charge is 2.12. The number of hydrogen-bond donors (Lipinski definition) is 1. The number of hydrogen-bond acceptors (Lipinski definition) is 1. The molecule has 3 heteroatoms. The maximum Gasteiger partial charge on any atom is 0.317 e. The van der Waals surface area contributed by atoms with Crippen molar-refractivity contribution in [2.45, 2.75) is 97.4 Å². The molecule has 27 heavy (non-hydrogen) atoms. The van der Waals surface area contributed by atoms with Crippen molar-refractivity contribution < 1.29 is 4.79 Å². The van der Waals surface area contributed by atoms with Crippen molar-refractivity contribution in [2.24, 2.45) is 0 Å². The van der Waals surface area contributed by atoms with Gasteiger partial charge < -0.3 is 10.2 Å². The SMILES string of the molecule is CCCCCCCCN(CCCCCCCC)C(=O)NCc1ccccc1. The molecule has 0 aliphatic rings. The minimum absolute atomic E-state index is 0.0981. The van der Waals surface area contributed by atoms with Gasteiger partial charge in [0.25, 0.3) is 0 Å². The van der Waals surface area contributed by atoms with E-state index in [9.17, 15) is 4.79 Å². The lowest BCUT2D eigenvalue weighted by atomic mass is 10.1. The third-order valence-corrected chi connectivity index (χ3v) is 5.14. The van der Waals surface area contributed by atoms with Gasteiger partial charge in [-0.3, -0.25) is 0 Å². The number of amides is 2. The van der Waals surface area contributed by atoms with Gasteiger partial charge in [0.15, 0.2) is 0 Å². The molecule has 3 nitrogen and oxygen atoms in total. The molecule has 1 aromatic rings. The molecular formula is C24H42N2O. The maximum absolute atomic E-state index is 12.7. The average Bonchev–Trinajstić information content (AvgIpc) is 2.70. The Morgan fingerprint density at radius 1 is 0.741 bits per heavy atom. The Bertz CT molecular complexity index is 445. The fourth-order valence-corrected chi connectivity index (χ4v) is 3.37. The van der Waals surface area contributed by atoms with Gasteiger partial charge in [0, 0.05) is 19.6 Å². The molecule has 1 rings (SSSR count). The second-order valence-electron chi connectivity index (χ2n) is 7.67. The normalized spacial score (nSPS) is 10.7. The van der Waals surface area contributed by atoms with Crippen molar-refractivity contribution in [1.82, 2.24) is 10.2 Å². The fourth-order valence-electron chi connectivity index (χ4n) is 3.37. The Labute approximate surface area is 167 Å². The molecule has 0 spiro atoms. The summed E-state index contributed by atoms with van der Waals surface area (Å²) in [6.07, 6.45) is 15.2. The summed E-state index contributed by atoms with van der Waals surface area (Å²) in [7, 11) is 0. The number of carbonyl (C=O) groups excluding carboxylic acids is 1. The zero-order valence-corrected chi connectivity index (χ0v) is 17.8. The van der Waals surface area contributed by atoms with E-state index in [0.29, 0.717) is 6.54 Å². The lowest BCUT2D eigenvalue weighted by molar-refractivity contribution is 0.194. The van der Waals surface area contributed by atoms with Crippen molar-refractivity contribution in [3.8, 4) is 0 Å². The molecule has 0 radical (unpaired) electrons. The second-order valence-corrected chi connectivity index (χ2v) is 7.67. The molecule has 0 unspecified atom stereocenters. The minimum atomic E-state index is 0.0981. The number of unbranched alkanes of at least 4 members (excludes halogenated alkanes) is 10. The van der Waals surface area contributed by atoms with Crippen molar-refractivity contribution in [2.75, 3.05) is 13.1 Å². The molecule has 0 heterocycles. The van der Waals surface area contributed by atoms with Gasteiger partial charge in [-0.15, -0.1) is 0 Å². The van der Waals surface area contributed by atoms with Gasteiger partial charge in [-0.05, 0) is 18.4 Å². The predicted molar refractivity (Wildman–Crippen MR) is 117 cm³/mol. The lowest BCUT2D eigenvalue weighted by Gasteiger charge is -2.23. The number of benzene rings is 1. The smallest absolute Gasteiger partial charge is 0.317 e. The van der Waals surface area contributed by atoms with Crippen molar-refractivity contribution >= 4 is 6.03 Å². The number of nitrogens with one attached hydrogen (secondary N) is 1. The average molecular weight is 375 g/mol. The molecule has 1 aromatic carbocycles. The van der Waals surface area contributed by atoms with Crippen LogP contribution in [0.15, 0.2) is 30.3 Å². The number of urea groups is 1. The summed E-state index contributed by atoms with van der Waals surface area (Å²) >= 11 is 0. The summed E-state index contributed by atoms with van der Waals surface area (Å²) in [6, 6.07) is 10.3. The van der Waals surface area contributed by atoms with Crippen LogP contribution in [0.5, 0.6) is 0 Å². The van der Waals surface area contributed by atoms with E-state index in [0.717, 1.165) is 31.5 Å². The molecule has 0 bridgehead atoms. The van der Waals surface area contributed by atoms with E-state index in [4.69, 9.17) is 0 Å². The minimum Gasteiger partial charge on any atom is -0.334 e. The summed E-state index contributed by atoms with van der Waals surface area (Å²) in [5, 5.41) is 3.11. The van der Waals surface area contributed by atoms with E-state index >= 15 is 0 Å². The van der Waals surface area contributed by atoms with Crippen LogP contribution >= 0.6 is 0 Å². The third kappa shape index (κ3) is 12.5. The van der Waals surface area contributed by atoms with Gasteiger partial charge >= 0.3 is 6.03 Å². The number of carbonyl (C=O) groups is 1. The predicted octanol–water partition coefficient (Wildman–Crippen LogP) is 6.92. The van der Waals surface area contributed by atoms with Crippen LogP contribution in [0.25, 0.3) is 0 Å². The lowest BCUT2D eigenvalue weighted by Crippen LogP contribution is -2.40. The zero-order valence-electron chi connectivity index (χ0n) is 17.8. The maximum atomic E-state index is 12.7. The molecule has 0 aliphatic heterocycles. The van der Waals surface area contributed by atoms with E-state index < -0.39 is 0 Å². The number of nitrogens with zero attached hydrogens (tertiary/aromatic N) is 1.